The first-order valence-corrected chi connectivity index (χ1v) is 9.98. The lowest BCUT2D eigenvalue weighted by Gasteiger charge is -2.15. The van der Waals surface area contributed by atoms with Crippen LogP contribution in [0.2, 0.25) is 0 Å². The van der Waals surface area contributed by atoms with Gasteiger partial charge in [-0.1, -0.05) is 30.3 Å². The van der Waals surface area contributed by atoms with Crippen molar-refractivity contribution in [2.75, 3.05) is 12.0 Å². The minimum atomic E-state index is -1.09. The highest BCUT2D eigenvalue weighted by atomic mass is 16.5. The number of ether oxygens (including phenoxy) is 2. The second kappa shape index (κ2) is 10.6. The van der Waals surface area contributed by atoms with E-state index in [4.69, 9.17) is 14.6 Å². The van der Waals surface area contributed by atoms with Crippen LogP contribution in [0.25, 0.3) is 11.3 Å². The van der Waals surface area contributed by atoms with E-state index in [0.717, 1.165) is 0 Å². The first kappa shape index (κ1) is 23.0. The number of nitriles is 1. The van der Waals surface area contributed by atoms with E-state index in [1.807, 2.05) is 12.1 Å². The molecule has 3 rings (SSSR count). The van der Waals surface area contributed by atoms with Gasteiger partial charge >= 0.3 is 5.97 Å². The van der Waals surface area contributed by atoms with Gasteiger partial charge in [-0.25, -0.2) is 15.2 Å². The van der Waals surface area contributed by atoms with Crippen molar-refractivity contribution in [2.45, 2.75) is 20.0 Å². The average molecular weight is 447 g/mol. The Balaban J connectivity index is 1.83. The molecule has 2 aromatic carbocycles. The Hall–Kier alpha value is -4.65. The summed E-state index contributed by atoms with van der Waals surface area (Å²) in [7, 11) is 0. The maximum atomic E-state index is 12.3. The maximum Gasteiger partial charge on any atom is 0.344 e. The van der Waals surface area contributed by atoms with Gasteiger partial charge in [-0.2, -0.15) is 10.4 Å². The average Bonchev–Trinajstić information content (AvgIpc) is 2.81. The fourth-order valence-corrected chi connectivity index (χ4v) is 2.81. The Labute approximate surface area is 189 Å². The van der Waals surface area contributed by atoms with Crippen molar-refractivity contribution in [1.29, 1.82) is 5.26 Å². The zero-order valence-corrected chi connectivity index (χ0v) is 17.9. The van der Waals surface area contributed by atoms with E-state index in [2.05, 4.69) is 20.5 Å². The van der Waals surface area contributed by atoms with Gasteiger partial charge in [-0.05, 0) is 37.6 Å². The molecule has 0 spiro atoms. The van der Waals surface area contributed by atoms with Crippen LogP contribution < -0.4 is 20.5 Å². The van der Waals surface area contributed by atoms with Crippen LogP contribution in [0.1, 0.15) is 25.0 Å². The monoisotopic (exact) mass is 447 g/mol. The van der Waals surface area contributed by atoms with Gasteiger partial charge in [0.25, 0.3) is 5.56 Å². The predicted octanol–water partition coefficient (Wildman–Crippen LogP) is 3.01. The van der Waals surface area contributed by atoms with E-state index in [0.29, 0.717) is 29.2 Å². The molecule has 0 aliphatic rings. The number of aliphatic carboxylic acids is 1. The number of nitrogens with zero attached hydrogens (tertiary/aromatic N) is 3. The van der Waals surface area contributed by atoms with Gasteiger partial charge in [0.15, 0.2) is 17.6 Å². The first-order valence-electron chi connectivity index (χ1n) is 9.98. The number of aromatic amines is 1. The highest BCUT2D eigenvalue weighted by Crippen LogP contribution is 2.29. The fraction of sp³-hybridized carbons (Fsp3) is 0.174. The summed E-state index contributed by atoms with van der Waals surface area (Å²) >= 11 is 0. The number of nitrogens with one attached hydrogen (secondary N) is 2. The van der Waals surface area contributed by atoms with Crippen molar-refractivity contribution in [3.63, 3.8) is 0 Å². The Morgan fingerprint density at radius 1 is 1.30 bits per heavy atom. The van der Waals surface area contributed by atoms with Gasteiger partial charge in [0.2, 0.25) is 5.95 Å². The maximum absolute atomic E-state index is 12.3. The second-order valence-corrected chi connectivity index (χ2v) is 6.72. The van der Waals surface area contributed by atoms with Crippen LogP contribution in [0.5, 0.6) is 11.5 Å². The number of rotatable bonds is 9. The Kier molecular flexibility index (Phi) is 7.39. The molecule has 0 radical (unpaired) electrons. The number of H-pyrrole nitrogens is 1. The number of hydrogen-bond acceptors (Lipinski definition) is 8. The lowest BCUT2D eigenvalue weighted by atomic mass is 10.1. The van der Waals surface area contributed by atoms with Gasteiger partial charge in [0.1, 0.15) is 11.6 Å². The summed E-state index contributed by atoms with van der Waals surface area (Å²) in [5, 5.41) is 22.5. The summed E-state index contributed by atoms with van der Waals surface area (Å²) in [6.45, 7) is 3.58. The number of hydrazone groups is 1. The van der Waals surface area contributed by atoms with E-state index in [9.17, 15) is 14.9 Å². The van der Waals surface area contributed by atoms with Crippen LogP contribution in [-0.2, 0) is 4.79 Å². The molecule has 0 saturated heterocycles. The summed E-state index contributed by atoms with van der Waals surface area (Å²) < 4.78 is 11.0. The highest BCUT2D eigenvalue weighted by molar-refractivity contribution is 5.81. The molecule has 0 amide bonds. The minimum absolute atomic E-state index is 0.0642. The number of anilines is 1. The third kappa shape index (κ3) is 5.74. The van der Waals surface area contributed by atoms with Crippen LogP contribution >= 0.6 is 0 Å². The highest BCUT2D eigenvalue weighted by Gasteiger charge is 2.16. The largest absolute Gasteiger partial charge is 0.490 e. The van der Waals surface area contributed by atoms with E-state index in [1.54, 1.807) is 49.4 Å². The summed E-state index contributed by atoms with van der Waals surface area (Å²) in [5.74, 6) is -0.367. The van der Waals surface area contributed by atoms with Crippen LogP contribution in [0, 0.1) is 11.3 Å². The van der Waals surface area contributed by atoms with E-state index >= 15 is 0 Å². The topological polar surface area (TPSA) is 150 Å². The molecule has 168 valence electrons. The molecule has 0 aliphatic heterocycles. The predicted molar refractivity (Wildman–Crippen MR) is 122 cm³/mol. The summed E-state index contributed by atoms with van der Waals surface area (Å²) in [5.41, 5.74) is 3.46. The fourth-order valence-electron chi connectivity index (χ4n) is 2.81. The molecule has 1 unspecified atom stereocenters. The first-order chi connectivity index (χ1) is 15.9. The molecule has 10 heteroatoms. The zero-order chi connectivity index (χ0) is 23.8. The summed E-state index contributed by atoms with van der Waals surface area (Å²) in [6, 6.07) is 15.7. The lowest BCUT2D eigenvalue weighted by Crippen LogP contribution is -2.23. The quantitative estimate of drug-likeness (QED) is 0.335. The van der Waals surface area contributed by atoms with Crippen molar-refractivity contribution in [3.05, 3.63) is 70.0 Å². The number of hydrogen-bond donors (Lipinski definition) is 3. The molecule has 1 heterocycles. The molecule has 0 bridgehead atoms. The van der Waals surface area contributed by atoms with Crippen molar-refractivity contribution < 1.29 is 19.4 Å². The normalized spacial score (nSPS) is 11.5. The van der Waals surface area contributed by atoms with E-state index < -0.39 is 17.6 Å². The van der Waals surface area contributed by atoms with E-state index in [-0.39, 0.29) is 17.2 Å². The summed E-state index contributed by atoms with van der Waals surface area (Å²) in [6.07, 6.45) is 0.427. The number of aromatic nitrogens is 2. The molecule has 0 fully saturated rings. The van der Waals surface area contributed by atoms with Crippen LogP contribution in [0.15, 0.2) is 58.4 Å². The lowest BCUT2D eigenvalue weighted by molar-refractivity contribution is -0.144. The van der Waals surface area contributed by atoms with Crippen molar-refractivity contribution in [2.24, 2.45) is 5.10 Å². The molecule has 0 aliphatic carbocycles. The third-order valence-corrected chi connectivity index (χ3v) is 4.38. The number of carbonyl (C=O) groups is 1. The van der Waals surface area contributed by atoms with Gasteiger partial charge < -0.3 is 14.6 Å². The molecule has 0 saturated carbocycles. The van der Waals surface area contributed by atoms with Crippen molar-refractivity contribution >= 4 is 18.1 Å². The smallest absolute Gasteiger partial charge is 0.344 e. The molecular weight excluding hydrogens is 426 g/mol. The Morgan fingerprint density at radius 2 is 2.06 bits per heavy atom. The molecular formula is C23H21N5O5. The van der Waals surface area contributed by atoms with Gasteiger partial charge in [0, 0.05) is 5.56 Å². The minimum Gasteiger partial charge on any atom is -0.490 e. The molecule has 3 N–H and O–H groups in total. The van der Waals surface area contributed by atoms with Crippen LogP contribution in [-0.4, -0.2) is 40.0 Å². The Morgan fingerprint density at radius 3 is 2.73 bits per heavy atom. The molecule has 33 heavy (non-hydrogen) atoms. The molecule has 1 aromatic heterocycles. The zero-order valence-electron chi connectivity index (χ0n) is 17.9. The van der Waals surface area contributed by atoms with Gasteiger partial charge in [0.05, 0.1) is 18.5 Å². The summed E-state index contributed by atoms with van der Waals surface area (Å²) in [4.78, 5) is 30.2. The van der Waals surface area contributed by atoms with Crippen molar-refractivity contribution in [3.8, 4) is 28.8 Å². The second-order valence-electron chi connectivity index (χ2n) is 6.72. The van der Waals surface area contributed by atoms with Crippen LogP contribution in [0.3, 0.4) is 0 Å². The number of carboxylic acids is 1. The SMILES string of the molecule is CCOc1cc(C=NNc2nc(-c3ccccc3)c(C#N)c(=O)[nH]2)ccc1OC(C)C(=O)O. The van der Waals surface area contributed by atoms with E-state index in [1.165, 1.54) is 13.1 Å². The van der Waals surface area contributed by atoms with Gasteiger partial charge in [-0.3, -0.25) is 9.78 Å². The molecule has 10 nitrogen and oxygen atoms in total. The Bertz CT molecular complexity index is 1260. The number of benzene rings is 2. The number of carboxylic acid groups (broad SMARTS) is 1. The van der Waals surface area contributed by atoms with Gasteiger partial charge in [-0.15, -0.1) is 0 Å². The standard InChI is InChI=1S/C23H21N5O5/c1-3-32-19-11-15(9-10-18(19)33-14(2)22(30)31)13-25-28-23-26-20(16-7-5-4-6-8-16)17(12-24)21(29)27-23/h4-11,13-14H,3H2,1-2H3,(H,30,31)(H2,26,27,28,29). The molecule has 1 atom stereocenters. The van der Waals surface area contributed by atoms with Crippen LogP contribution in [0.4, 0.5) is 5.95 Å². The molecule has 3 aromatic rings. The van der Waals surface area contributed by atoms with Crippen molar-refractivity contribution in [1.82, 2.24) is 9.97 Å². The third-order valence-electron chi connectivity index (χ3n) is 4.38.